The molecule has 1 unspecified atom stereocenters. The zero-order chi connectivity index (χ0) is 27.1. The van der Waals surface area contributed by atoms with E-state index in [0.717, 1.165) is 41.9 Å². The molecule has 0 saturated heterocycles. The summed E-state index contributed by atoms with van der Waals surface area (Å²) >= 11 is 6.05. The number of ketones is 1. The van der Waals surface area contributed by atoms with Gasteiger partial charge in [-0.05, 0) is 67.9 Å². The van der Waals surface area contributed by atoms with Crippen molar-refractivity contribution in [1.82, 2.24) is 0 Å². The highest BCUT2D eigenvalue weighted by Crippen LogP contribution is 2.43. The number of carbonyl (C=O) groups excluding carboxylic acids is 2. The Bertz CT molecular complexity index is 1590. The van der Waals surface area contributed by atoms with Gasteiger partial charge in [-0.3, -0.25) is 14.5 Å². The minimum absolute atomic E-state index is 0.136. The summed E-state index contributed by atoms with van der Waals surface area (Å²) < 4.78 is 34.8. The van der Waals surface area contributed by atoms with E-state index in [4.69, 9.17) is 16.0 Å². The van der Waals surface area contributed by atoms with Crippen LogP contribution >= 0.6 is 11.6 Å². The van der Waals surface area contributed by atoms with Crippen LogP contribution in [0.15, 0.2) is 82.5 Å². The van der Waals surface area contributed by atoms with Crippen LogP contribution in [-0.2, 0) is 4.79 Å². The average molecular weight is 537 g/mol. The lowest BCUT2D eigenvalue weighted by Crippen LogP contribution is -2.32. The van der Waals surface area contributed by atoms with E-state index in [-0.39, 0.29) is 11.3 Å². The van der Waals surface area contributed by atoms with Crippen molar-refractivity contribution in [2.45, 2.75) is 19.9 Å². The van der Waals surface area contributed by atoms with E-state index in [1.54, 1.807) is 30.3 Å². The smallest absolute Gasteiger partial charge is 0.294 e. The van der Waals surface area contributed by atoms with Gasteiger partial charge >= 0.3 is 0 Å². The molecule has 4 aromatic rings. The number of amides is 1. The Morgan fingerprint density at radius 1 is 1.03 bits per heavy atom. The first-order valence-corrected chi connectivity index (χ1v) is 12.4. The number of anilines is 2. The van der Waals surface area contributed by atoms with Gasteiger partial charge in [0.2, 0.25) is 5.78 Å². The second-order valence-corrected chi connectivity index (χ2v) is 9.26. The number of aliphatic hydroxyl groups excluding tert-OH is 1. The van der Waals surface area contributed by atoms with Crippen molar-refractivity contribution < 1.29 is 27.9 Å². The van der Waals surface area contributed by atoms with Crippen molar-refractivity contribution in [2.24, 2.45) is 0 Å². The van der Waals surface area contributed by atoms with Crippen LogP contribution in [0.1, 0.15) is 36.0 Å². The number of hydrogen-bond acceptors (Lipinski definition) is 5. The van der Waals surface area contributed by atoms with Crippen molar-refractivity contribution in [3.63, 3.8) is 0 Å². The van der Waals surface area contributed by atoms with Gasteiger partial charge in [-0.25, -0.2) is 8.78 Å². The molecule has 0 aliphatic carbocycles. The third kappa shape index (κ3) is 4.31. The molecule has 0 spiro atoms. The lowest BCUT2D eigenvalue weighted by Gasteiger charge is -2.28. The van der Waals surface area contributed by atoms with E-state index in [2.05, 4.69) is 4.90 Å². The van der Waals surface area contributed by atoms with Crippen LogP contribution < -0.4 is 9.80 Å². The molecule has 194 valence electrons. The first kappa shape index (κ1) is 25.5. The molecule has 5 rings (SSSR count). The van der Waals surface area contributed by atoms with E-state index in [1.165, 1.54) is 6.07 Å². The first-order valence-electron chi connectivity index (χ1n) is 12.0. The maximum Gasteiger partial charge on any atom is 0.294 e. The molecule has 6 nitrogen and oxygen atoms in total. The number of benzene rings is 3. The number of carbonyl (C=O) groups is 2. The molecular formula is C29H23ClF2N2O4. The number of nitrogens with zero attached hydrogens (tertiary/aromatic N) is 2. The molecular weight excluding hydrogens is 514 g/mol. The quantitative estimate of drug-likeness (QED) is 0.258. The third-order valence-corrected chi connectivity index (χ3v) is 6.90. The van der Waals surface area contributed by atoms with Crippen LogP contribution in [0, 0.1) is 11.6 Å². The van der Waals surface area contributed by atoms with Gasteiger partial charge in [0.1, 0.15) is 17.2 Å². The lowest BCUT2D eigenvalue weighted by atomic mass is 9.94. The summed E-state index contributed by atoms with van der Waals surface area (Å²) in [7, 11) is 0. The summed E-state index contributed by atoms with van der Waals surface area (Å²) in [4.78, 5) is 30.0. The number of halogens is 3. The summed E-state index contributed by atoms with van der Waals surface area (Å²) in [5, 5.41) is 11.9. The van der Waals surface area contributed by atoms with Crippen LogP contribution in [0.25, 0.3) is 11.0 Å². The highest BCUT2D eigenvalue weighted by Gasteiger charge is 2.46. The molecule has 0 bridgehead atoms. The number of hydrogen-bond donors (Lipinski definition) is 1. The van der Waals surface area contributed by atoms with Crippen molar-refractivity contribution in [3.05, 3.63) is 106 Å². The van der Waals surface area contributed by atoms with Gasteiger partial charge in [0.15, 0.2) is 11.5 Å². The van der Waals surface area contributed by atoms with Gasteiger partial charge < -0.3 is 14.4 Å². The van der Waals surface area contributed by atoms with Crippen LogP contribution in [0.4, 0.5) is 20.2 Å². The van der Waals surface area contributed by atoms with E-state index in [9.17, 15) is 23.5 Å². The minimum atomic E-state index is -1.24. The number of rotatable bonds is 7. The molecule has 9 heteroatoms. The number of Topliss-reactive ketones (excluding diaryl/α,β-unsaturated/α-hetero) is 1. The maximum atomic E-state index is 14.9. The Kier molecular flexibility index (Phi) is 6.67. The standard InChI is InChI=1S/C29H23ClF2N2O4/c1-3-33(4-2)20-9-5-16(6-10-20)26-25(27(35)24-14-17-13-18(30)7-12-23(17)38-24)28(36)29(37)34(26)22-15-19(31)8-11-21(22)32/h5-15,26,36H,3-4H2,1-2H3. The molecule has 1 aliphatic rings. The Morgan fingerprint density at radius 3 is 2.42 bits per heavy atom. The van der Waals surface area contributed by atoms with E-state index < -0.39 is 40.8 Å². The Balaban J connectivity index is 1.66. The maximum absolute atomic E-state index is 14.9. The number of aliphatic hydroxyl groups is 1. The highest BCUT2D eigenvalue weighted by atomic mass is 35.5. The van der Waals surface area contributed by atoms with Crippen LogP contribution in [0.2, 0.25) is 5.02 Å². The van der Waals surface area contributed by atoms with Gasteiger partial charge in [-0.2, -0.15) is 0 Å². The van der Waals surface area contributed by atoms with Crippen molar-refractivity contribution in [1.29, 1.82) is 0 Å². The molecule has 38 heavy (non-hydrogen) atoms. The molecule has 0 fully saturated rings. The molecule has 1 atom stereocenters. The van der Waals surface area contributed by atoms with Crippen molar-refractivity contribution in [3.8, 4) is 0 Å². The third-order valence-electron chi connectivity index (χ3n) is 6.66. The van der Waals surface area contributed by atoms with Crippen molar-refractivity contribution in [2.75, 3.05) is 22.9 Å². The fourth-order valence-corrected chi connectivity index (χ4v) is 4.97. The normalized spacial score (nSPS) is 15.6. The molecule has 1 amide bonds. The molecule has 0 saturated carbocycles. The summed E-state index contributed by atoms with van der Waals surface area (Å²) in [5.74, 6) is -4.46. The number of fused-ring (bicyclic) bond motifs is 1. The van der Waals surface area contributed by atoms with E-state index >= 15 is 0 Å². The van der Waals surface area contributed by atoms with Gasteiger partial charge in [0.25, 0.3) is 5.91 Å². The zero-order valence-electron chi connectivity index (χ0n) is 20.5. The van der Waals surface area contributed by atoms with Crippen molar-refractivity contribution >= 4 is 45.6 Å². The SMILES string of the molecule is CCN(CC)c1ccc(C2C(C(=O)c3cc4cc(Cl)ccc4o3)=C(O)C(=O)N2c2cc(F)ccc2F)cc1. The Labute approximate surface area is 222 Å². The summed E-state index contributed by atoms with van der Waals surface area (Å²) in [6, 6.07) is 14.7. The molecule has 1 aromatic heterocycles. The number of furan rings is 1. The predicted molar refractivity (Wildman–Crippen MR) is 142 cm³/mol. The summed E-state index contributed by atoms with van der Waals surface area (Å²) in [6.07, 6.45) is 0. The Morgan fingerprint density at radius 2 is 1.74 bits per heavy atom. The summed E-state index contributed by atoms with van der Waals surface area (Å²) in [5.41, 5.74) is 1.000. The van der Waals surface area contributed by atoms with Crippen LogP contribution in [0.5, 0.6) is 0 Å². The predicted octanol–water partition coefficient (Wildman–Crippen LogP) is 6.99. The minimum Gasteiger partial charge on any atom is -0.503 e. The molecule has 2 heterocycles. The average Bonchev–Trinajstić information content (AvgIpc) is 3.44. The molecule has 3 aromatic carbocycles. The second-order valence-electron chi connectivity index (χ2n) is 8.82. The monoisotopic (exact) mass is 536 g/mol. The molecule has 1 aliphatic heterocycles. The van der Waals surface area contributed by atoms with Crippen LogP contribution in [-0.4, -0.2) is 29.9 Å². The zero-order valence-corrected chi connectivity index (χ0v) is 21.3. The summed E-state index contributed by atoms with van der Waals surface area (Å²) in [6.45, 7) is 5.55. The second kappa shape index (κ2) is 9.95. The lowest BCUT2D eigenvalue weighted by molar-refractivity contribution is -0.117. The Hall–Kier alpha value is -4.17. The molecule has 0 radical (unpaired) electrons. The van der Waals surface area contributed by atoms with Gasteiger partial charge in [-0.1, -0.05) is 23.7 Å². The van der Waals surface area contributed by atoms with E-state index in [0.29, 0.717) is 21.6 Å². The van der Waals surface area contributed by atoms with Gasteiger partial charge in [-0.15, -0.1) is 0 Å². The fraction of sp³-hybridized carbons (Fsp3) is 0.172. The largest absolute Gasteiger partial charge is 0.503 e. The topological polar surface area (TPSA) is 74.0 Å². The van der Waals surface area contributed by atoms with Gasteiger partial charge in [0.05, 0.1) is 17.3 Å². The molecule has 1 N–H and O–H groups in total. The first-order chi connectivity index (χ1) is 18.2. The van der Waals surface area contributed by atoms with E-state index in [1.807, 2.05) is 26.0 Å². The highest BCUT2D eigenvalue weighted by molar-refractivity contribution is 6.31. The fourth-order valence-electron chi connectivity index (χ4n) is 4.79. The van der Waals surface area contributed by atoms with Crippen LogP contribution in [0.3, 0.4) is 0 Å². The van der Waals surface area contributed by atoms with Gasteiger partial charge in [0, 0.05) is 35.3 Å².